The summed E-state index contributed by atoms with van der Waals surface area (Å²) in [4.78, 5) is 2.44. The number of nitrogens with two attached hydrogens (primary N) is 1. The fourth-order valence-corrected chi connectivity index (χ4v) is 3.76. The summed E-state index contributed by atoms with van der Waals surface area (Å²) in [5.74, 6) is 1.34. The van der Waals surface area contributed by atoms with Crippen LogP contribution in [0, 0.1) is 11.8 Å². The molecule has 24 heavy (non-hydrogen) atoms. The average Bonchev–Trinajstić information content (AvgIpc) is 2.62. The molecular formula is C20H33N3O. The molecule has 3 N–H and O–H groups in total. The second kappa shape index (κ2) is 8.21. The Bertz CT molecular complexity index is 494. The monoisotopic (exact) mass is 331 g/mol. The first kappa shape index (κ1) is 17.6. The molecule has 1 heterocycles. The van der Waals surface area contributed by atoms with Crippen LogP contribution in [0.4, 0.5) is 11.4 Å². The maximum atomic E-state index is 5.99. The van der Waals surface area contributed by atoms with Crippen LogP contribution in [0.2, 0.25) is 0 Å². The number of hydrogen-bond acceptors (Lipinski definition) is 4. The Kier molecular flexibility index (Phi) is 6.01. The van der Waals surface area contributed by atoms with Crippen LogP contribution in [0.25, 0.3) is 0 Å². The predicted molar refractivity (Wildman–Crippen MR) is 102 cm³/mol. The van der Waals surface area contributed by atoms with E-state index in [1.54, 1.807) is 0 Å². The van der Waals surface area contributed by atoms with E-state index in [1.807, 2.05) is 0 Å². The SMILES string of the molecule is CC(C)C1CN(c2ccc(NCC3CCC(N)CC3)cc2)CCO1. The van der Waals surface area contributed by atoms with Crippen LogP contribution < -0.4 is 16.0 Å². The summed E-state index contributed by atoms with van der Waals surface area (Å²) >= 11 is 0. The van der Waals surface area contributed by atoms with Crippen molar-refractivity contribution in [3.63, 3.8) is 0 Å². The molecule has 4 heteroatoms. The molecule has 1 unspecified atom stereocenters. The lowest BCUT2D eigenvalue weighted by molar-refractivity contribution is 0.0114. The highest BCUT2D eigenvalue weighted by atomic mass is 16.5. The maximum absolute atomic E-state index is 5.99. The Labute approximate surface area is 146 Å². The molecule has 0 radical (unpaired) electrons. The molecule has 4 nitrogen and oxygen atoms in total. The van der Waals surface area contributed by atoms with Gasteiger partial charge in [-0.05, 0) is 61.8 Å². The van der Waals surface area contributed by atoms with Gasteiger partial charge in [0, 0.05) is 37.1 Å². The molecule has 1 aliphatic carbocycles. The van der Waals surface area contributed by atoms with Gasteiger partial charge in [0.05, 0.1) is 12.7 Å². The second-order valence-corrected chi connectivity index (χ2v) is 7.81. The molecule has 0 spiro atoms. The zero-order valence-corrected chi connectivity index (χ0v) is 15.2. The topological polar surface area (TPSA) is 50.5 Å². The first-order valence-corrected chi connectivity index (χ1v) is 9.58. The van der Waals surface area contributed by atoms with Crippen molar-refractivity contribution in [2.75, 3.05) is 36.5 Å². The van der Waals surface area contributed by atoms with Gasteiger partial charge in [0.2, 0.25) is 0 Å². The molecule has 1 saturated heterocycles. The molecule has 0 bridgehead atoms. The van der Waals surface area contributed by atoms with E-state index in [-0.39, 0.29) is 0 Å². The Morgan fingerprint density at radius 3 is 2.54 bits per heavy atom. The molecule has 1 atom stereocenters. The molecule has 0 aromatic heterocycles. The van der Waals surface area contributed by atoms with Gasteiger partial charge >= 0.3 is 0 Å². The summed E-state index contributed by atoms with van der Waals surface area (Å²) in [6.07, 6.45) is 5.22. The zero-order chi connectivity index (χ0) is 16.9. The van der Waals surface area contributed by atoms with E-state index < -0.39 is 0 Å². The third-order valence-corrected chi connectivity index (χ3v) is 5.56. The van der Waals surface area contributed by atoms with Crippen molar-refractivity contribution < 1.29 is 4.74 Å². The summed E-state index contributed by atoms with van der Waals surface area (Å²) in [5.41, 5.74) is 8.51. The summed E-state index contributed by atoms with van der Waals surface area (Å²) in [6, 6.07) is 9.33. The van der Waals surface area contributed by atoms with Gasteiger partial charge in [-0.15, -0.1) is 0 Å². The highest BCUT2D eigenvalue weighted by Crippen LogP contribution is 2.25. The fraction of sp³-hybridized carbons (Fsp3) is 0.700. The van der Waals surface area contributed by atoms with Crippen LogP contribution in [-0.2, 0) is 4.74 Å². The number of morpholine rings is 1. The van der Waals surface area contributed by atoms with Crippen molar-refractivity contribution in [3.05, 3.63) is 24.3 Å². The van der Waals surface area contributed by atoms with Crippen LogP contribution in [0.3, 0.4) is 0 Å². The van der Waals surface area contributed by atoms with E-state index in [2.05, 4.69) is 48.3 Å². The normalized spacial score (nSPS) is 28.2. The van der Waals surface area contributed by atoms with Crippen molar-refractivity contribution >= 4 is 11.4 Å². The first-order valence-electron chi connectivity index (χ1n) is 9.58. The van der Waals surface area contributed by atoms with Crippen LogP contribution in [0.15, 0.2) is 24.3 Å². The predicted octanol–water partition coefficient (Wildman–Crippen LogP) is 3.48. The molecular weight excluding hydrogens is 298 g/mol. The summed E-state index contributed by atoms with van der Waals surface area (Å²) in [5, 5.41) is 3.60. The summed E-state index contributed by atoms with van der Waals surface area (Å²) < 4.78 is 5.87. The molecule has 134 valence electrons. The summed E-state index contributed by atoms with van der Waals surface area (Å²) in [6.45, 7) is 8.34. The Morgan fingerprint density at radius 1 is 1.17 bits per heavy atom. The third kappa shape index (κ3) is 4.64. The van der Waals surface area contributed by atoms with Gasteiger partial charge in [0.1, 0.15) is 0 Å². The van der Waals surface area contributed by atoms with Crippen LogP contribution in [-0.4, -0.2) is 38.4 Å². The lowest BCUT2D eigenvalue weighted by Crippen LogP contribution is -2.44. The smallest absolute Gasteiger partial charge is 0.0773 e. The number of nitrogens with zero attached hydrogens (tertiary/aromatic N) is 1. The van der Waals surface area contributed by atoms with E-state index in [0.29, 0.717) is 18.1 Å². The van der Waals surface area contributed by atoms with E-state index in [9.17, 15) is 0 Å². The lowest BCUT2D eigenvalue weighted by Gasteiger charge is -2.36. The van der Waals surface area contributed by atoms with Crippen molar-refractivity contribution in [2.45, 2.75) is 51.7 Å². The number of nitrogens with one attached hydrogen (secondary N) is 1. The van der Waals surface area contributed by atoms with Gasteiger partial charge in [-0.25, -0.2) is 0 Å². The minimum atomic E-state index is 0.342. The summed E-state index contributed by atoms with van der Waals surface area (Å²) in [7, 11) is 0. The molecule has 1 aliphatic heterocycles. The molecule has 1 aromatic carbocycles. The molecule has 1 aromatic rings. The Balaban J connectivity index is 1.50. The second-order valence-electron chi connectivity index (χ2n) is 7.81. The first-order chi connectivity index (χ1) is 11.6. The van der Waals surface area contributed by atoms with Crippen LogP contribution in [0.1, 0.15) is 39.5 Å². The molecule has 1 saturated carbocycles. The van der Waals surface area contributed by atoms with E-state index in [4.69, 9.17) is 10.5 Å². The van der Waals surface area contributed by atoms with Gasteiger partial charge in [0.25, 0.3) is 0 Å². The number of benzene rings is 1. The standard InChI is InChI=1S/C20H33N3O/c1-15(2)20-14-23(11-12-24-20)19-9-7-18(8-10-19)22-13-16-3-5-17(21)6-4-16/h7-10,15-17,20,22H,3-6,11-14,21H2,1-2H3. The fourth-order valence-electron chi connectivity index (χ4n) is 3.76. The Morgan fingerprint density at radius 2 is 1.88 bits per heavy atom. The number of hydrogen-bond donors (Lipinski definition) is 2. The van der Waals surface area contributed by atoms with Gasteiger partial charge in [-0.3, -0.25) is 0 Å². The van der Waals surface area contributed by atoms with Crippen molar-refractivity contribution in [3.8, 4) is 0 Å². The quantitative estimate of drug-likeness (QED) is 0.867. The largest absolute Gasteiger partial charge is 0.385 e. The number of ether oxygens (including phenoxy) is 1. The van der Waals surface area contributed by atoms with Gasteiger partial charge in [0.15, 0.2) is 0 Å². The minimum Gasteiger partial charge on any atom is -0.385 e. The Hall–Kier alpha value is -1.26. The van der Waals surface area contributed by atoms with Gasteiger partial charge < -0.3 is 20.7 Å². The van der Waals surface area contributed by atoms with E-state index in [1.165, 1.54) is 37.1 Å². The van der Waals surface area contributed by atoms with E-state index in [0.717, 1.165) is 32.2 Å². The van der Waals surface area contributed by atoms with Crippen LogP contribution in [0.5, 0.6) is 0 Å². The molecule has 2 aliphatic rings. The molecule has 2 fully saturated rings. The van der Waals surface area contributed by atoms with Crippen LogP contribution >= 0.6 is 0 Å². The highest BCUT2D eigenvalue weighted by Gasteiger charge is 2.23. The number of rotatable bonds is 5. The van der Waals surface area contributed by atoms with Gasteiger partial charge in [-0.1, -0.05) is 13.8 Å². The molecule has 3 rings (SSSR count). The highest BCUT2D eigenvalue weighted by molar-refractivity contribution is 5.55. The van der Waals surface area contributed by atoms with Gasteiger partial charge in [-0.2, -0.15) is 0 Å². The maximum Gasteiger partial charge on any atom is 0.0773 e. The van der Waals surface area contributed by atoms with E-state index >= 15 is 0 Å². The van der Waals surface area contributed by atoms with Crippen molar-refractivity contribution in [2.24, 2.45) is 17.6 Å². The third-order valence-electron chi connectivity index (χ3n) is 5.56. The van der Waals surface area contributed by atoms with Crippen molar-refractivity contribution in [1.82, 2.24) is 0 Å². The minimum absolute atomic E-state index is 0.342. The molecule has 0 amide bonds. The average molecular weight is 332 g/mol. The van der Waals surface area contributed by atoms with Crippen molar-refractivity contribution in [1.29, 1.82) is 0 Å². The zero-order valence-electron chi connectivity index (χ0n) is 15.2. The number of anilines is 2. The lowest BCUT2D eigenvalue weighted by atomic mass is 9.86.